The van der Waals surface area contributed by atoms with Gasteiger partial charge in [0.15, 0.2) is 8.32 Å². The van der Waals surface area contributed by atoms with Gasteiger partial charge in [0.1, 0.15) is 6.10 Å². The van der Waals surface area contributed by atoms with Crippen molar-refractivity contribution < 1.29 is 23.5 Å². The number of hydrogen-bond acceptors (Lipinski definition) is 7. The van der Waals surface area contributed by atoms with Gasteiger partial charge >= 0.3 is 5.97 Å². The van der Waals surface area contributed by atoms with Gasteiger partial charge in [-0.25, -0.2) is 4.98 Å². The molecule has 2 heterocycles. The minimum absolute atomic E-state index is 0.0196. The van der Waals surface area contributed by atoms with E-state index in [4.69, 9.17) is 13.6 Å². The van der Waals surface area contributed by atoms with Crippen LogP contribution in [0.3, 0.4) is 0 Å². The second-order valence-corrected chi connectivity index (χ2v) is 28.5. The molecule has 1 aliphatic heterocycles. The summed E-state index contributed by atoms with van der Waals surface area (Å²) in [5, 5.41) is 18.9. The van der Waals surface area contributed by atoms with Crippen LogP contribution in [0.2, 0.25) is 18.1 Å². The summed E-state index contributed by atoms with van der Waals surface area (Å²) in [5.41, 5.74) is 2.12. The van der Waals surface area contributed by atoms with Gasteiger partial charge in [0, 0.05) is 23.1 Å². The SMILES string of the molecule is C/C1=C/C[C@@H](/C(C)=C/c2csc(C)n2)OC(=O)C[C@@H](O)C(C)(C)[C@H](O[Si](c2ccccc2)(c2ccccc2)c2ccccc2)[C@H](C)[C@@H](O[Si](C)(C)C(C)(C)C)[C@@H](C)CCC1. The lowest BCUT2D eigenvalue weighted by Gasteiger charge is -2.51. The molecule has 0 radical (unpaired) electrons. The number of ether oxygens (including phenoxy) is 1. The minimum Gasteiger partial charge on any atom is -0.457 e. The van der Waals surface area contributed by atoms with Gasteiger partial charge in [-0.1, -0.05) is 151 Å². The number of aryl methyl sites for hydroxylation is 1. The van der Waals surface area contributed by atoms with Gasteiger partial charge in [0.05, 0.1) is 35.4 Å². The van der Waals surface area contributed by atoms with E-state index in [1.807, 2.05) is 25.3 Å². The van der Waals surface area contributed by atoms with E-state index in [-0.39, 0.29) is 29.4 Å². The molecule has 0 saturated heterocycles. The van der Waals surface area contributed by atoms with Gasteiger partial charge in [0.25, 0.3) is 8.32 Å². The fourth-order valence-corrected chi connectivity index (χ4v) is 14.8. The van der Waals surface area contributed by atoms with Crippen molar-refractivity contribution in [3.63, 3.8) is 0 Å². The van der Waals surface area contributed by atoms with Crippen molar-refractivity contribution in [2.24, 2.45) is 17.3 Å². The number of allylic oxidation sites excluding steroid dienone is 1. The fraction of sp³-hybridized carbons (Fsp3) is 0.490. The van der Waals surface area contributed by atoms with Crippen LogP contribution in [-0.4, -0.2) is 57.1 Å². The van der Waals surface area contributed by atoms with Crippen molar-refractivity contribution in [3.05, 3.63) is 124 Å². The Morgan fingerprint density at radius 2 is 1.43 bits per heavy atom. The predicted octanol–water partition coefficient (Wildman–Crippen LogP) is 10.8. The molecule has 6 atom stereocenters. The van der Waals surface area contributed by atoms with E-state index in [2.05, 4.69) is 171 Å². The number of esters is 1. The van der Waals surface area contributed by atoms with Crippen molar-refractivity contribution in [1.82, 2.24) is 4.98 Å². The third-order valence-electron chi connectivity index (χ3n) is 13.3. The Balaban J connectivity index is 1.70. The maximum absolute atomic E-state index is 14.2. The van der Waals surface area contributed by atoms with E-state index in [0.29, 0.717) is 6.42 Å². The highest BCUT2D eigenvalue weighted by molar-refractivity contribution is 7.09. The molecule has 0 saturated carbocycles. The number of aromatic nitrogens is 1. The number of thiazole rings is 1. The Labute approximate surface area is 367 Å². The Hall–Kier alpha value is -3.45. The predicted molar refractivity (Wildman–Crippen MR) is 256 cm³/mol. The maximum atomic E-state index is 14.2. The summed E-state index contributed by atoms with van der Waals surface area (Å²) >= 11 is 1.60. The molecule has 0 unspecified atom stereocenters. The minimum atomic E-state index is -3.32. The molecule has 0 bridgehead atoms. The first-order valence-electron chi connectivity index (χ1n) is 21.9. The third-order valence-corrected chi connectivity index (χ3v) is 22.6. The Morgan fingerprint density at radius 3 is 1.92 bits per heavy atom. The number of carbonyl (C=O) groups is 1. The molecular formula is C51H71NO5SSi2. The van der Waals surface area contributed by atoms with E-state index in [1.165, 1.54) is 5.57 Å². The quantitative estimate of drug-likeness (QED) is 0.0782. The average molecular weight is 866 g/mol. The Kier molecular flexibility index (Phi) is 16.0. The number of benzene rings is 3. The second kappa shape index (κ2) is 20.2. The van der Waals surface area contributed by atoms with Crippen LogP contribution in [0.15, 0.2) is 114 Å². The molecule has 60 heavy (non-hydrogen) atoms. The number of nitrogens with zero attached hydrogens (tertiary/aromatic N) is 1. The van der Waals surface area contributed by atoms with Crippen LogP contribution in [0, 0.1) is 24.2 Å². The van der Waals surface area contributed by atoms with Crippen LogP contribution in [0.5, 0.6) is 0 Å². The molecule has 324 valence electrons. The highest BCUT2D eigenvalue weighted by Crippen LogP contribution is 2.44. The summed E-state index contributed by atoms with van der Waals surface area (Å²) in [7, 11) is -5.63. The third kappa shape index (κ3) is 11.3. The van der Waals surface area contributed by atoms with E-state index >= 15 is 0 Å². The van der Waals surface area contributed by atoms with Crippen molar-refractivity contribution >= 4 is 55.6 Å². The Bertz CT molecular complexity index is 1940. The van der Waals surface area contributed by atoms with Crippen LogP contribution < -0.4 is 15.6 Å². The van der Waals surface area contributed by atoms with E-state index in [1.54, 1.807) is 11.3 Å². The number of aliphatic hydroxyl groups excluding tert-OH is 1. The first-order chi connectivity index (χ1) is 28.3. The van der Waals surface area contributed by atoms with Crippen molar-refractivity contribution in [3.8, 4) is 0 Å². The topological polar surface area (TPSA) is 77.9 Å². The number of cyclic esters (lactones) is 1. The van der Waals surface area contributed by atoms with E-state index in [9.17, 15) is 9.90 Å². The molecular weight excluding hydrogens is 795 g/mol. The van der Waals surface area contributed by atoms with Crippen molar-refractivity contribution in [2.45, 2.75) is 144 Å². The van der Waals surface area contributed by atoms with Crippen LogP contribution in [0.1, 0.15) is 105 Å². The summed E-state index contributed by atoms with van der Waals surface area (Å²) in [4.78, 5) is 18.8. The highest BCUT2D eigenvalue weighted by atomic mass is 32.1. The molecule has 5 rings (SSSR count). The van der Waals surface area contributed by atoms with Gasteiger partial charge in [-0.05, 0) is 91.3 Å². The molecule has 1 aliphatic rings. The van der Waals surface area contributed by atoms with E-state index in [0.717, 1.165) is 51.1 Å². The summed E-state index contributed by atoms with van der Waals surface area (Å²) in [6.45, 7) is 26.5. The van der Waals surface area contributed by atoms with Crippen LogP contribution in [-0.2, 0) is 18.4 Å². The van der Waals surface area contributed by atoms with Gasteiger partial charge < -0.3 is 18.7 Å². The first-order valence-corrected chi connectivity index (χ1v) is 27.6. The molecule has 3 aromatic carbocycles. The van der Waals surface area contributed by atoms with Gasteiger partial charge in [-0.2, -0.15) is 0 Å². The summed E-state index contributed by atoms with van der Waals surface area (Å²) in [6.07, 6.45) is 5.22. The largest absolute Gasteiger partial charge is 0.457 e. The molecule has 9 heteroatoms. The van der Waals surface area contributed by atoms with Gasteiger partial charge in [-0.3, -0.25) is 4.79 Å². The molecule has 0 spiro atoms. The molecule has 1 aromatic heterocycles. The van der Waals surface area contributed by atoms with Crippen molar-refractivity contribution in [2.75, 3.05) is 0 Å². The zero-order valence-electron chi connectivity index (χ0n) is 38.3. The maximum Gasteiger partial charge on any atom is 0.309 e. The molecule has 1 N–H and O–H groups in total. The second-order valence-electron chi connectivity index (χ2n) is 19.4. The van der Waals surface area contributed by atoms with Crippen LogP contribution in [0.25, 0.3) is 6.08 Å². The first kappa shape index (κ1) is 47.6. The normalized spacial score (nSPS) is 25.2. The number of aliphatic hydroxyl groups is 1. The fourth-order valence-electron chi connectivity index (χ4n) is 8.48. The molecule has 0 aliphatic carbocycles. The molecule has 0 amide bonds. The number of carbonyl (C=O) groups excluding carboxylic acids is 1. The monoisotopic (exact) mass is 865 g/mol. The summed E-state index contributed by atoms with van der Waals surface area (Å²) in [5.74, 6) is -0.422. The zero-order chi connectivity index (χ0) is 43.9. The summed E-state index contributed by atoms with van der Waals surface area (Å²) in [6, 6.07) is 31.9. The van der Waals surface area contributed by atoms with Crippen LogP contribution >= 0.6 is 11.3 Å². The van der Waals surface area contributed by atoms with Crippen LogP contribution in [0.4, 0.5) is 0 Å². The lowest BCUT2D eigenvalue weighted by atomic mass is 9.71. The Morgan fingerprint density at radius 1 is 0.900 bits per heavy atom. The molecule has 0 fully saturated rings. The van der Waals surface area contributed by atoms with Gasteiger partial charge in [0.2, 0.25) is 0 Å². The molecule has 4 aromatic rings. The number of hydrogen-bond donors (Lipinski definition) is 1. The zero-order valence-corrected chi connectivity index (χ0v) is 41.1. The van der Waals surface area contributed by atoms with E-state index < -0.39 is 46.3 Å². The van der Waals surface area contributed by atoms with Crippen molar-refractivity contribution in [1.29, 1.82) is 0 Å². The summed E-state index contributed by atoms with van der Waals surface area (Å²) < 4.78 is 22.0. The van der Waals surface area contributed by atoms with Gasteiger partial charge in [-0.15, -0.1) is 11.3 Å². The lowest BCUT2D eigenvalue weighted by molar-refractivity contribution is -0.154. The average Bonchev–Trinajstić information content (AvgIpc) is 3.62. The number of rotatable bonds is 9. The molecule has 6 nitrogen and oxygen atoms in total. The smallest absolute Gasteiger partial charge is 0.309 e. The highest BCUT2D eigenvalue weighted by Gasteiger charge is 2.53. The standard InChI is InChI=1S/C51H71NO5SSi2/c1-36-23-22-24-37(2)48(56-59(11,12)50(6,7)8)39(4)49(51(9,10)46(53)34-47(54)55-45(32-31-36)38(3)33-41-35-58-40(5)52-41)57-60(42-25-16-13-17-26-42,43-27-18-14-19-28-43)44-29-20-15-21-30-44/h13-21,25-31,33,35,37,39,45-46,48-49,53H,22-24,32,34H2,1-12H3/b36-31-,38-33+/t37-,39+,45-,46+,48-,49+/m0/s1. The lowest BCUT2D eigenvalue weighted by Crippen LogP contribution is -2.72.